The number of morpholine rings is 1. The normalized spacial score (nSPS) is 13.7. The van der Waals surface area contributed by atoms with E-state index in [0.717, 1.165) is 5.56 Å². The van der Waals surface area contributed by atoms with Crippen molar-refractivity contribution in [3.63, 3.8) is 0 Å². The van der Waals surface area contributed by atoms with Gasteiger partial charge in [-0.05, 0) is 55.0 Å². The highest BCUT2D eigenvalue weighted by atomic mass is 35.5. The highest BCUT2D eigenvalue weighted by Crippen LogP contribution is 2.17. The predicted molar refractivity (Wildman–Crippen MR) is 113 cm³/mol. The Bertz CT molecular complexity index is 913. The largest absolute Gasteiger partial charge is 0.378 e. The van der Waals surface area contributed by atoms with Crippen LogP contribution in [0.15, 0.2) is 42.5 Å². The number of thiocarbonyl (C=S) groups is 1. The number of benzene rings is 2. The van der Waals surface area contributed by atoms with Crippen molar-refractivity contribution in [3.05, 3.63) is 64.2 Å². The lowest BCUT2D eigenvalue weighted by molar-refractivity contribution is 0.0303. The first kappa shape index (κ1) is 20.3. The summed E-state index contributed by atoms with van der Waals surface area (Å²) in [6.07, 6.45) is 0. The van der Waals surface area contributed by atoms with Crippen LogP contribution in [0.3, 0.4) is 0 Å². The zero-order valence-corrected chi connectivity index (χ0v) is 16.9. The number of carbonyl (C=O) groups excluding carboxylic acids is 2. The van der Waals surface area contributed by atoms with Crippen molar-refractivity contribution >= 4 is 46.4 Å². The molecule has 146 valence electrons. The molecule has 0 unspecified atom stereocenters. The minimum atomic E-state index is -0.361. The van der Waals surface area contributed by atoms with Crippen molar-refractivity contribution in [2.45, 2.75) is 6.92 Å². The SMILES string of the molecule is Cc1ccc(C(=O)NC(=S)Nc2cccc(C(=O)N3CCOCC3)c2)cc1Cl. The number of halogens is 1. The van der Waals surface area contributed by atoms with Crippen LogP contribution < -0.4 is 10.6 Å². The molecule has 2 N–H and O–H groups in total. The Morgan fingerprint density at radius 2 is 1.86 bits per heavy atom. The van der Waals surface area contributed by atoms with E-state index in [-0.39, 0.29) is 16.9 Å². The van der Waals surface area contributed by atoms with E-state index in [9.17, 15) is 9.59 Å². The number of rotatable bonds is 3. The molecule has 1 heterocycles. The molecule has 1 aliphatic rings. The molecule has 1 aliphatic heterocycles. The quantitative estimate of drug-likeness (QED) is 0.750. The maximum Gasteiger partial charge on any atom is 0.257 e. The topological polar surface area (TPSA) is 70.7 Å². The number of nitrogens with one attached hydrogen (secondary N) is 2. The van der Waals surface area contributed by atoms with Gasteiger partial charge in [0.1, 0.15) is 0 Å². The summed E-state index contributed by atoms with van der Waals surface area (Å²) in [5, 5.41) is 6.20. The van der Waals surface area contributed by atoms with Crippen molar-refractivity contribution < 1.29 is 14.3 Å². The first-order chi connectivity index (χ1) is 13.4. The van der Waals surface area contributed by atoms with E-state index in [2.05, 4.69) is 10.6 Å². The molecule has 6 nitrogen and oxygen atoms in total. The fraction of sp³-hybridized carbons (Fsp3) is 0.250. The van der Waals surface area contributed by atoms with E-state index in [0.29, 0.717) is 48.1 Å². The maximum absolute atomic E-state index is 12.6. The van der Waals surface area contributed by atoms with E-state index >= 15 is 0 Å². The summed E-state index contributed by atoms with van der Waals surface area (Å²) in [7, 11) is 0. The standard InChI is InChI=1S/C20H20ClN3O3S/c1-13-5-6-14(12-17(13)21)18(25)23-20(28)22-16-4-2-3-15(11-16)19(26)24-7-9-27-10-8-24/h2-6,11-12H,7-10H2,1H3,(H2,22,23,25,28). The van der Waals surface area contributed by atoms with Gasteiger partial charge in [-0.15, -0.1) is 0 Å². The Morgan fingerprint density at radius 3 is 2.57 bits per heavy atom. The molecular formula is C20H20ClN3O3S. The van der Waals surface area contributed by atoms with Crippen LogP contribution >= 0.6 is 23.8 Å². The summed E-state index contributed by atoms with van der Waals surface area (Å²) in [5.74, 6) is -0.420. The smallest absolute Gasteiger partial charge is 0.257 e. The average Bonchev–Trinajstić information content (AvgIpc) is 2.70. The lowest BCUT2D eigenvalue weighted by atomic mass is 10.1. The van der Waals surface area contributed by atoms with Crippen LogP contribution in [0.2, 0.25) is 5.02 Å². The highest BCUT2D eigenvalue weighted by molar-refractivity contribution is 7.80. The Kier molecular flexibility index (Phi) is 6.61. The summed E-state index contributed by atoms with van der Waals surface area (Å²) < 4.78 is 5.28. The van der Waals surface area contributed by atoms with Crippen LogP contribution in [-0.4, -0.2) is 48.1 Å². The molecule has 2 aromatic rings. The monoisotopic (exact) mass is 417 g/mol. The summed E-state index contributed by atoms with van der Waals surface area (Å²) in [6.45, 7) is 4.10. The second-order valence-corrected chi connectivity index (χ2v) is 7.17. The number of amides is 2. The lowest BCUT2D eigenvalue weighted by Crippen LogP contribution is -2.40. The van der Waals surface area contributed by atoms with Crippen molar-refractivity contribution in [1.82, 2.24) is 10.2 Å². The second kappa shape index (κ2) is 9.14. The van der Waals surface area contributed by atoms with Gasteiger partial charge in [0.25, 0.3) is 11.8 Å². The molecule has 0 spiro atoms. The Labute approximate surface area is 173 Å². The van der Waals surface area contributed by atoms with Crippen molar-refractivity contribution in [3.8, 4) is 0 Å². The molecule has 0 atom stereocenters. The molecule has 28 heavy (non-hydrogen) atoms. The number of hydrogen-bond acceptors (Lipinski definition) is 4. The van der Waals surface area contributed by atoms with E-state index in [1.54, 1.807) is 47.4 Å². The Hall–Kier alpha value is -2.48. The van der Waals surface area contributed by atoms with Crippen LogP contribution in [0.5, 0.6) is 0 Å². The number of ether oxygens (including phenoxy) is 1. The first-order valence-electron chi connectivity index (χ1n) is 8.79. The van der Waals surface area contributed by atoms with Gasteiger partial charge in [-0.2, -0.15) is 0 Å². The molecule has 8 heteroatoms. The molecular weight excluding hydrogens is 398 g/mol. The summed E-state index contributed by atoms with van der Waals surface area (Å²) in [6, 6.07) is 12.0. The van der Waals surface area contributed by atoms with Gasteiger partial charge in [-0.25, -0.2) is 0 Å². The molecule has 0 bridgehead atoms. The molecule has 0 aliphatic carbocycles. The number of nitrogens with zero attached hydrogens (tertiary/aromatic N) is 1. The third-order valence-corrected chi connectivity index (χ3v) is 4.94. The third kappa shape index (κ3) is 5.07. The van der Waals surface area contributed by atoms with Crippen molar-refractivity contribution in [2.24, 2.45) is 0 Å². The Balaban J connectivity index is 1.63. The fourth-order valence-corrected chi connectivity index (χ4v) is 3.14. The van der Waals surface area contributed by atoms with Crippen molar-refractivity contribution in [1.29, 1.82) is 0 Å². The zero-order valence-electron chi connectivity index (χ0n) is 15.3. The first-order valence-corrected chi connectivity index (χ1v) is 9.58. The van der Waals surface area contributed by atoms with E-state index < -0.39 is 0 Å². The van der Waals surface area contributed by atoms with E-state index in [1.807, 2.05) is 6.92 Å². The van der Waals surface area contributed by atoms with Gasteiger partial charge in [0, 0.05) is 34.9 Å². The van der Waals surface area contributed by atoms with Gasteiger partial charge < -0.3 is 15.0 Å². The van der Waals surface area contributed by atoms with Crippen LogP contribution in [0, 0.1) is 6.92 Å². The van der Waals surface area contributed by atoms with E-state index in [1.165, 1.54) is 0 Å². The second-order valence-electron chi connectivity index (χ2n) is 6.36. The number of carbonyl (C=O) groups is 2. The molecule has 0 radical (unpaired) electrons. The van der Waals surface area contributed by atoms with Gasteiger partial charge in [-0.3, -0.25) is 14.9 Å². The highest BCUT2D eigenvalue weighted by Gasteiger charge is 2.18. The number of anilines is 1. The molecule has 2 aromatic carbocycles. The number of aryl methyl sites for hydroxylation is 1. The molecule has 2 amide bonds. The van der Waals surface area contributed by atoms with E-state index in [4.69, 9.17) is 28.6 Å². The predicted octanol–water partition coefficient (Wildman–Crippen LogP) is 3.25. The minimum absolute atomic E-state index is 0.0591. The summed E-state index contributed by atoms with van der Waals surface area (Å²) in [4.78, 5) is 26.7. The molecule has 0 saturated carbocycles. The molecule has 1 fully saturated rings. The maximum atomic E-state index is 12.6. The fourth-order valence-electron chi connectivity index (χ4n) is 2.75. The molecule has 3 rings (SSSR count). The van der Waals surface area contributed by atoms with Crippen molar-refractivity contribution in [2.75, 3.05) is 31.6 Å². The van der Waals surface area contributed by atoms with Crippen LogP contribution in [-0.2, 0) is 4.74 Å². The summed E-state index contributed by atoms with van der Waals surface area (Å²) in [5.41, 5.74) is 2.47. The van der Waals surface area contributed by atoms with Gasteiger partial charge in [-0.1, -0.05) is 23.7 Å². The van der Waals surface area contributed by atoms with Gasteiger partial charge in [0.05, 0.1) is 13.2 Å². The summed E-state index contributed by atoms with van der Waals surface area (Å²) >= 11 is 11.3. The lowest BCUT2D eigenvalue weighted by Gasteiger charge is -2.27. The minimum Gasteiger partial charge on any atom is -0.378 e. The van der Waals surface area contributed by atoms with Gasteiger partial charge >= 0.3 is 0 Å². The van der Waals surface area contributed by atoms with Gasteiger partial charge in [0.15, 0.2) is 5.11 Å². The Morgan fingerprint density at radius 1 is 1.11 bits per heavy atom. The molecule has 1 saturated heterocycles. The van der Waals surface area contributed by atoms with Crippen LogP contribution in [0.25, 0.3) is 0 Å². The average molecular weight is 418 g/mol. The number of hydrogen-bond donors (Lipinski definition) is 2. The molecule has 0 aromatic heterocycles. The zero-order chi connectivity index (χ0) is 20.1. The van der Waals surface area contributed by atoms with Crippen LogP contribution in [0.1, 0.15) is 26.3 Å². The third-order valence-electron chi connectivity index (χ3n) is 4.33. The van der Waals surface area contributed by atoms with Gasteiger partial charge in [0.2, 0.25) is 0 Å². The van der Waals surface area contributed by atoms with Crippen LogP contribution in [0.4, 0.5) is 5.69 Å².